The van der Waals surface area contributed by atoms with Crippen molar-refractivity contribution in [2.45, 2.75) is 26.8 Å². The molecule has 0 unspecified atom stereocenters. The lowest BCUT2D eigenvalue weighted by Crippen LogP contribution is -2.49. The third-order valence-corrected chi connectivity index (χ3v) is 4.05. The number of hydrogen-bond acceptors (Lipinski definition) is 6. The van der Waals surface area contributed by atoms with Crippen LogP contribution in [0.2, 0.25) is 0 Å². The first-order valence-electron chi connectivity index (χ1n) is 8.18. The van der Waals surface area contributed by atoms with Crippen molar-refractivity contribution in [2.24, 2.45) is 0 Å². The predicted octanol–water partition coefficient (Wildman–Crippen LogP) is 1.74. The Balaban J connectivity index is 1.93. The normalized spacial score (nSPS) is 15.7. The molecule has 1 aliphatic rings. The molecule has 0 bridgehead atoms. The lowest BCUT2D eigenvalue weighted by Gasteiger charge is -2.38. The minimum absolute atomic E-state index is 0.0975. The number of carbonyl (C=O) groups is 1. The molecule has 1 heterocycles. The zero-order valence-electron chi connectivity index (χ0n) is 14.2. The van der Waals surface area contributed by atoms with E-state index in [4.69, 9.17) is 15.2 Å². The minimum atomic E-state index is -0.375. The van der Waals surface area contributed by atoms with E-state index < -0.39 is 0 Å². The van der Waals surface area contributed by atoms with Gasteiger partial charge in [0, 0.05) is 38.3 Å². The molecule has 6 nitrogen and oxygen atoms in total. The van der Waals surface area contributed by atoms with Crippen molar-refractivity contribution in [3.63, 3.8) is 0 Å². The third-order valence-electron chi connectivity index (χ3n) is 4.05. The third kappa shape index (κ3) is 4.76. The highest BCUT2D eigenvalue weighted by Gasteiger charge is 2.20. The van der Waals surface area contributed by atoms with E-state index in [0.717, 1.165) is 31.9 Å². The van der Waals surface area contributed by atoms with Crippen LogP contribution in [0.15, 0.2) is 18.2 Å². The van der Waals surface area contributed by atoms with Crippen molar-refractivity contribution in [2.75, 3.05) is 50.0 Å². The Morgan fingerprint density at radius 3 is 2.52 bits per heavy atom. The van der Waals surface area contributed by atoms with E-state index in [-0.39, 0.29) is 12.6 Å². The van der Waals surface area contributed by atoms with Crippen molar-refractivity contribution < 1.29 is 14.3 Å². The van der Waals surface area contributed by atoms with Gasteiger partial charge in [0.25, 0.3) is 0 Å². The molecule has 0 amide bonds. The molecule has 0 radical (unpaired) electrons. The van der Waals surface area contributed by atoms with Crippen LogP contribution in [-0.4, -0.2) is 56.3 Å². The molecule has 1 saturated heterocycles. The number of benzene rings is 1. The standard InChI is InChI=1S/C17H27N3O3/c1-4-22-17(21)12-23-14-5-6-16(15(18)11-14)20-9-7-19(8-10-20)13(2)3/h5-6,11,13H,4,7-10,12,18H2,1-3H3. The zero-order valence-corrected chi connectivity index (χ0v) is 14.2. The summed E-state index contributed by atoms with van der Waals surface area (Å²) in [4.78, 5) is 16.1. The molecular formula is C17H27N3O3. The van der Waals surface area contributed by atoms with Gasteiger partial charge in [-0.15, -0.1) is 0 Å². The second-order valence-electron chi connectivity index (χ2n) is 5.93. The number of anilines is 2. The van der Waals surface area contributed by atoms with Gasteiger partial charge in [-0.2, -0.15) is 0 Å². The maximum atomic E-state index is 11.3. The predicted molar refractivity (Wildman–Crippen MR) is 91.9 cm³/mol. The molecule has 1 aromatic carbocycles. The van der Waals surface area contributed by atoms with Crippen molar-refractivity contribution in [1.29, 1.82) is 0 Å². The first-order valence-corrected chi connectivity index (χ1v) is 8.18. The smallest absolute Gasteiger partial charge is 0.344 e. The summed E-state index contributed by atoms with van der Waals surface area (Å²) in [6.45, 7) is 10.5. The van der Waals surface area contributed by atoms with E-state index in [2.05, 4.69) is 23.6 Å². The number of esters is 1. The fourth-order valence-electron chi connectivity index (χ4n) is 2.73. The Kier molecular flexibility index (Phi) is 6.10. The summed E-state index contributed by atoms with van der Waals surface area (Å²) in [5.74, 6) is 0.208. The number of nitrogens with two attached hydrogens (primary N) is 1. The van der Waals surface area contributed by atoms with Crippen LogP contribution in [0.3, 0.4) is 0 Å². The second kappa shape index (κ2) is 8.06. The number of rotatable bonds is 6. The van der Waals surface area contributed by atoms with Crippen molar-refractivity contribution >= 4 is 17.3 Å². The molecule has 1 aliphatic heterocycles. The topological polar surface area (TPSA) is 68.0 Å². The van der Waals surface area contributed by atoms with Crippen molar-refractivity contribution in [3.8, 4) is 5.75 Å². The van der Waals surface area contributed by atoms with Crippen LogP contribution < -0.4 is 15.4 Å². The van der Waals surface area contributed by atoms with E-state index in [1.54, 1.807) is 13.0 Å². The van der Waals surface area contributed by atoms with Crippen molar-refractivity contribution in [1.82, 2.24) is 4.90 Å². The molecule has 2 N–H and O–H groups in total. The number of piperazine rings is 1. The maximum absolute atomic E-state index is 11.3. The Morgan fingerprint density at radius 1 is 1.26 bits per heavy atom. The molecule has 128 valence electrons. The molecular weight excluding hydrogens is 294 g/mol. The summed E-state index contributed by atoms with van der Waals surface area (Å²) in [5, 5.41) is 0. The first-order chi connectivity index (χ1) is 11.0. The molecule has 1 aromatic rings. The summed E-state index contributed by atoms with van der Waals surface area (Å²) in [7, 11) is 0. The van der Waals surface area contributed by atoms with E-state index >= 15 is 0 Å². The van der Waals surface area contributed by atoms with Crippen LogP contribution in [0.1, 0.15) is 20.8 Å². The Labute approximate surface area is 138 Å². The second-order valence-corrected chi connectivity index (χ2v) is 5.93. The molecule has 0 spiro atoms. The summed E-state index contributed by atoms with van der Waals surface area (Å²) in [5.41, 5.74) is 7.86. The summed E-state index contributed by atoms with van der Waals surface area (Å²) >= 11 is 0. The molecule has 0 aromatic heterocycles. The van der Waals surface area contributed by atoms with Gasteiger partial charge in [-0.25, -0.2) is 4.79 Å². The zero-order chi connectivity index (χ0) is 16.8. The van der Waals surface area contributed by atoms with E-state index in [1.807, 2.05) is 12.1 Å². The monoisotopic (exact) mass is 321 g/mol. The van der Waals surface area contributed by atoms with Gasteiger partial charge in [0.15, 0.2) is 6.61 Å². The Morgan fingerprint density at radius 2 is 1.96 bits per heavy atom. The van der Waals surface area contributed by atoms with E-state index in [0.29, 0.717) is 24.1 Å². The SMILES string of the molecule is CCOC(=O)COc1ccc(N2CCN(C(C)C)CC2)c(N)c1. The van der Waals surface area contributed by atoms with Gasteiger partial charge in [-0.3, -0.25) is 4.90 Å². The lowest BCUT2D eigenvalue weighted by molar-refractivity contribution is -0.145. The fourth-order valence-corrected chi connectivity index (χ4v) is 2.73. The molecule has 6 heteroatoms. The molecule has 0 atom stereocenters. The highest BCUT2D eigenvalue weighted by atomic mass is 16.6. The lowest BCUT2D eigenvalue weighted by atomic mass is 10.2. The Bertz CT molecular complexity index is 526. The van der Waals surface area contributed by atoms with Gasteiger partial charge in [0.05, 0.1) is 18.0 Å². The number of nitrogen functional groups attached to an aromatic ring is 1. The quantitative estimate of drug-likeness (QED) is 0.636. The van der Waals surface area contributed by atoms with Gasteiger partial charge in [0.1, 0.15) is 5.75 Å². The highest BCUT2D eigenvalue weighted by Crippen LogP contribution is 2.28. The summed E-state index contributed by atoms with van der Waals surface area (Å²) in [6, 6.07) is 6.15. The van der Waals surface area contributed by atoms with Crippen LogP contribution in [0.4, 0.5) is 11.4 Å². The first kappa shape index (κ1) is 17.4. The fraction of sp³-hybridized carbons (Fsp3) is 0.588. The van der Waals surface area contributed by atoms with Crippen LogP contribution in [-0.2, 0) is 9.53 Å². The molecule has 2 rings (SSSR count). The van der Waals surface area contributed by atoms with Crippen LogP contribution in [0, 0.1) is 0 Å². The largest absolute Gasteiger partial charge is 0.482 e. The highest BCUT2D eigenvalue weighted by molar-refractivity contribution is 5.72. The van der Waals surface area contributed by atoms with Gasteiger partial charge in [-0.05, 0) is 32.9 Å². The van der Waals surface area contributed by atoms with Crippen LogP contribution in [0.5, 0.6) is 5.75 Å². The molecule has 0 saturated carbocycles. The van der Waals surface area contributed by atoms with E-state index in [9.17, 15) is 4.79 Å². The molecule has 23 heavy (non-hydrogen) atoms. The van der Waals surface area contributed by atoms with Gasteiger partial charge in [0.2, 0.25) is 0 Å². The van der Waals surface area contributed by atoms with Gasteiger partial charge in [-0.1, -0.05) is 0 Å². The van der Waals surface area contributed by atoms with Crippen molar-refractivity contribution in [3.05, 3.63) is 18.2 Å². The number of ether oxygens (including phenoxy) is 2. The van der Waals surface area contributed by atoms with E-state index in [1.165, 1.54) is 0 Å². The summed E-state index contributed by atoms with van der Waals surface area (Å²) < 4.78 is 10.2. The maximum Gasteiger partial charge on any atom is 0.344 e. The van der Waals surface area contributed by atoms with Crippen LogP contribution in [0.25, 0.3) is 0 Å². The average molecular weight is 321 g/mol. The number of nitrogens with zero attached hydrogens (tertiary/aromatic N) is 2. The minimum Gasteiger partial charge on any atom is -0.482 e. The number of carbonyl (C=O) groups excluding carboxylic acids is 1. The van der Waals surface area contributed by atoms with Gasteiger partial charge >= 0.3 is 5.97 Å². The molecule has 0 aliphatic carbocycles. The summed E-state index contributed by atoms with van der Waals surface area (Å²) in [6.07, 6.45) is 0. The average Bonchev–Trinajstić information content (AvgIpc) is 2.53. The molecule has 1 fully saturated rings. The van der Waals surface area contributed by atoms with Gasteiger partial charge < -0.3 is 20.1 Å². The van der Waals surface area contributed by atoms with Crippen LogP contribution >= 0.6 is 0 Å². The number of hydrogen-bond donors (Lipinski definition) is 1. The Hall–Kier alpha value is -1.95.